The predicted molar refractivity (Wildman–Crippen MR) is 37.1 cm³/mol. The van der Waals surface area contributed by atoms with Crippen LogP contribution in [0.4, 0.5) is 4.39 Å². The molecule has 0 radical (unpaired) electrons. The first kappa shape index (κ1) is 9.68. The van der Waals surface area contributed by atoms with Gasteiger partial charge in [-0.15, -0.1) is 0 Å². The second-order valence-corrected chi connectivity index (χ2v) is 1.54. The second kappa shape index (κ2) is 5.46. The van der Waals surface area contributed by atoms with Gasteiger partial charge in [-0.05, 0) is 6.92 Å². The molecule has 0 atom stereocenters. The largest absolute Gasteiger partial charge is 0.498 e. The molecule has 0 aliphatic heterocycles. The fourth-order valence-electron chi connectivity index (χ4n) is 0.289. The molecule has 62 valence electrons. The van der Waals surface area contributed by atoms with Crippen LogP contribution in [0.15, 0.2) is 24.9 Å². The van der Waals surface area contributed by atoms with Crippen molar-refractivity contribution < 1.29 is 18.7 Å². The van der Waals surface area contributed by atoms with Crippen LogP contribution in [-0.2, 0) is 14.3 Å². The van der Waals surface area contributed by atoms with E-state index < -0.39 is 11.8 Å². The van der Waals surface area contributed by atoms with E-state index in [1.807, 2.05) is 0 Å². The molecule has 0 fully saturated rings. The number of carbonyl (C=O) groups excluding carboxylic acids is 1. The molecule has 0 rings (SSSR count). The van der Waals surface area contributed by atoms with Crippen LogP contribution in [0, 0.1) is 0 Å². The van der Waals surface area contributed by atoms with E-state index in [0.29, 0.717) is 6.61 Å². The molecule has 3 nitrogen and oxygen atoms in total. The van der Waals surface area contributed by atoms with E-state index in [9.17, 15) is 9.18 Å². The lowest BCUT2D eigenvalue weighted by atomic mass is 10.6. The average Bonchev–Trinajstić information content (AvgIpc) is 1.97. The van der Waals surface area contributed by atoms with Crippen molar-refractivity contribution >= 4 is 5.97 Å². The summed E-state index contributed by atoms with van der Waals surface area (Å²) in [7, 11) is 0. The zero-order valence-electron chi connectivity index (χ0n) is 6.17. The number of halogens is 1. The van der Waals surface area contributed by atoms with Crippen LogP contribution in [0.3, 0.4) is 0 Å². The van der Waals surface area contributed by atoms with Crippen molar-refractivity contribution in [2.75, 3.05) is 6.61 Å². The Labute approximate surface area is 64.1 Å². The standard InChI is InChI=1S/C7H9FO3/c1-3-10-4-5-11-7(9)6(2)8/h4-5H,2-3H2,1H3. The molecule has 0 aromatic carbocycles. The summed E-state index contributed by atoms with van der Waals surface area (Å²) in [6, 6.07) is 0. The van der Waals surface area contributed by atoms with Crippen LogP contribution < -0.4 is 0 Å². The highest BCUT2D eigenvalue weighted by Gasteiger charge is 2.03. The van der Waals surface area contributed by atoms with Gasteiger partial charge in [0.25, 0.3) is 0 Å². The third-order valence-electron chi connectivity index (χ3n) is 0.715. The van der Waals surface area contributed by atoms with E-state index in [-0.39, 0.29) is 0 Å². The van der Waals surface area contributed by atoms with Gasteiger partial charge < -0.3 is 9.47 Å². The minimum atomic E-state index is -1.13. The quantitative estimate of drug-likeness (QED) is 0.355. The molecule has 4 heteroatoms. The molecule has 0 bridgehead atoms. The van der Waals surface area contributed by atoms with E-state index in [4.69, 9.17) is 0 Å². The van der Waals surface area contributed by atoms with Crippen molar-refractivity contribution in [1.29, 1.82) is 0 Å². The summed E-state index contributed by atoms with van der Waals surface area (Å²) in [6.07, 6.45) is 2.11. The summed E-state index contributed by atoms with van der Waals surface area (Å²) >= 11 is 0. The van der Waals surface area contributed by atoms with E-state index in [1.54, 1.807) is 6.92 Å². The minimum absolute atomic E-state index is 0.463. The molecule has 0 aliphatic rings. The van der Waals surface area contributed by atoms with Gasteiger partial charge in [-0.3, -0.25) is 0 Å². The Morgan fingerprint density at radius 2 is 2.27 bits per heavy atom. The lowest BCUT2D eigenvalue weighted by Gasteiger charge is -1.94. The van der Waals surface area contributed by atoms with Crippen molar-refractivity contribution in [2.45, 2.75) is 6.92 Å². The van der Waals surface area contributed by atoms with Gasteiger partial charge in [0.1, 0.15) is 12.5 Å². The van der Waals surface area contributed by atoms with Gasteiger partial charge >= 0.3 is 5.97 Å². The number of esters is 1. The highest BCUT2D eigenvalue weighted by atomic mass is 19.1. The van der Waals surface area contributed by atoms with Crippen molar-refractivity contribution in [2.24, 2.45) is 0 Å². The molecule has 0 aliphatic carbocycles. The van der Waals surface area contributed by atoms with Gasteiger partial charge in [0.15, 0.2) is 0 Å². The first-order valence-corrected chi connectivity index (χ1v) is 3.00. The van der Waals surface area contributed by atoms with E-state index in [1.165, 1.54) is 0 Å². The van der Waals surface area contributed by atoms with Gasteiger partial charge in [-0.1, -0.05) is 6.58 Å². The highest BCUT2D eigenvalue weighted by molar-refractivity contribution is 5.85. The Hall–Kier alpha value is -1.32. The molecule has 0 aromatic rings. The smallest absolute Gasteiger partial charge is 0.371 e. The Bertz CT molecular complexity index is 175. The fraction of sp³-hybridized carbons (Fsp3) is 0.286. The molecule has 0 heterocycles. The predicted octanol–water partition coefficient (Wildman–Crippen LogP) is 1.52. The first-order valence-electron chi connectivity index (χ1n) is 3.00. The van der Waals surface area contributed by atoms with Gasteiger partial charge in [0, 0.05) is 0 Å². The lowest BCUT2D eigenvalue weighted by Crippen LogP contribution is -1.98. The molecule has 0 unspecified atom stereocenters. The molecule has 11 heavy (non-hydrogen) atoms. The maximum Gasteiger partial charge on any atom is 0.371 e. The van der Waals surface area contributed by atoms with Crippen LogP contribution >= 0.6 is 0 Å². The van der Waals surface area contributed by atoms with Crippen LogP contribution in [0.1, 0.15) is 6.92 Å². The fourth-order valence-corrected chi connectivity index (χ4v) is 0.289. The van der Waals surface area contributed by atoms with E-state index >= 15 is 0 Å². The normalized spacial score (nSPS) is 9.64. The Kier molecular flexibility index (Phi) is 4.81. The number of ether oxygens (including phenoxy) is 2. The zero-order valence-corrected chi connectivity index (χ0v) is 6.17. The monoisotopic (exact) mass is 160 g/mol. The maximum atomic E-state index is 11.9. The Morgan fingerprint density at radius 1 is 1.64 bits per heavy atom. The molecule has 0 saturated heterocycles. The van der Waals surface area contributed by atoms with Gasteiger partial charge in [-0.25, -0.2) is 4.79 Å². The average molecular weight is 160 g/mol. The third kappa shape index (κ3) is 5.14. The lowest BCUT2D eigenvalue weighted by molar-refractivity contribution is -0.135. The van der Waals surface area contributed by atoms with Gasteiger partial charge in [-0.2, -0.15) is 4.39 Å². The summed E-state index contributed by atoms with van der Waals surface area (Å²) in [6.45, 7) is 4.97. The molecule has 0 saturated carbocycles. The molecule has 0 spiro atoms. The summed E-state index contributed by atoms with van der Waals surface area (Å²) in [5, 5.41) is 0. The zero-order chi connectivity index (χ0) is 8.69. The summed E-state index contributed by atoms with van der Waals surface area (Å²) in [5.41, 5.74) is 0. The number of rotatable bonds is 4. The van der Waals surface area contributed by atoms with E-state index in [0.717, 1.165) is 12.5 Å². The molecular weight excluding hydrogens is 151 g/mol. The SMILES string of the molecule is C=C(F)C(=O)OC=COCC. The highest BCUT2D eigenvalue weighted by Crippen LogP contribution is 1.95. The summed E-state index contributed by atoms with van der Waals surface area (Å²) in [4.78, 5) is 10.3. The van der Waals surface area contributed by atoms with Crippen LogP contribution in [0.2, 0.25) is 0 Å². The molecular formula is C7H9FO3. The van der Waals surface area contributed by atoms with Crippen molar-refractivity contribution in [3.05, 3.63) is 24.9 Å². The molecule has 0 aromatic heterocycles. The van der Waals surface area contributed by atoms with E-state index in [2.05, 4.69) is 16.1 Å². The molecule has 0 N–H and O–H groups in total. The second-order valence-electron chi connectivity index (χ2n) is 1.54. The number of hydrogen-bond acceptors (Lipinski definition) is 3. The number of carbonyl (C=O) groups is 1. The first-order chi connectivity index (χ1) is 5.18. The Balaban J connectivity index is 3.53. The van der Waals surface area contributed by atoms with Crippen molar-refractivity contribution in [1.82, 2.24) is 0 Å². The maximum absolute atomic E-state index is 11.9. The number of hydrogen-bond donors (Lipinski definition) is 0. The van der Waals surface area contributed by atoms with Crippen LogP contribution in [0.5, 0.6) is 0 Å². The topological polar surface area (TPSA) is 35.5 Å². The minimum Gasteiger partial charge on any atom is -0.498 e. The van der Waals surface area contributed by atoms with Gasteiger partial charge in [0.05, 0.1) is 6.61 Å². The van der Waals surface area contributed by atoms with Crippen molar-refractivity contribution in [3.8, 4) is 0 Å². The third-order valence-corrected chi connectivity index (χ3v) is 0.715. The van der Waals surface area contributed by atoms with Crippen molar-refractivity contribution in [3.63, 3.8) is 0 Å². The Morgan fingerprint density at radius 3 is 2.73 bits per heavy atom. The molecule has 0 amide bonds. The summed E-state index contributed by atoms with van der Waals surface area (Å²) in [5.74, 6) is -2.24. The van der Waals surface area contributed by atoms with Crippen LogP contribution in [-0.4, -0.2) is 12.6 Å². The summed E-state index contributed by atoms with van der Waals surface area (Å²) < 4.78 is 20.7. The van der Waals surface area contributed by atoms with Crippen LogP contribution in [0.25, 0.3) is 0 Å². The van der Waals surface area contributed by atoms with Gasteiger partial charge in [0.2, 0.25) is 5.83 Å².